The highest BCUT2D eigenvalue weighted by atomic mass is 15.1. The Hall–Kier alpha value is -1.35. The van der Waals surface area contributed by atoms with Crippen molar-refractivity contribution in [3.05, 3.63) is 30.0 Å². The molecule has 14 heavy (non-hydrogen) atoms. The van der Waals surface area contributed by atoms with E-state index in [9.17, 15) is 0 Å². The predicted molar refractivity (Wildman–Crippen MR) is 58.2 cm³/mol. The summed E-state index contributed by atoms with van der Waals surface area (Å²) >= 11 is 0. The van der Waals surface area contributed by atoms with Crippen molar-refractivity contribution in [2.24, 2.45) is 5.73 Å². The van der Waals surface area contributed by atoms with Crippen molar-refractivity contribution in [3.63, 3.8) is 0 Å². The van der Waals surface area contributed by atoms with Crippen LogP contribution in [0.25, 0.3) is 10.9 Å². The van der Waals surface area contributed by atoms with Gasteiger partial charge in [0.15, 0.2) is 0 Å². The van der Waals surface area contributed by atoms with Crippen LogP contribution in [0.4, 0.5) is 0 Å². The number of para-hydroxylation sites is 1. The zero-order chi connectivity index (χ0) is 9.97. The van der Waals surface area contributed by atoms with E-state index in [2.05, 4.69) is 35.3 Å². The maximum Gasteiger partial charge on any atom is 0.0684 e. The second-order valence-electron chi connectivity index (χ2n) is 3.66. The Kier molecular flexibility index (Phi) is 2.50. The van der Waals surface area contributed by atoms with Gasteiger partial charge in [0.1, 0.15) is 0 Å². The van der Waals surface area contributed by atoms with E-state index in [1.807, 2.05) is 6.20 Å². The van der Waals surface area contributed by atoms with Crippen molar-refractivity contribution in [1.29, 1.82) is 0 Å². The molecule has 3 nitrogen and oxygen atoms in total. The monoisotopic (exact) mass is 189 g/mol. The summed E-state index contributed by atoms with van der Waals surface area (Å²) in [6, 6.07) is 6.28. The minimum atomic E-state index is 0.490. The SMILES string of the molecule is CC(CCN)c1cccc2cn[nH]c12. The maximum absolute atomic E-state index is 5.56. The molecule has 3 heteroatoms. The van der Waals surface area contributed by atoms with E-state index in [1.54, 1.807) is 0 Å². The maximum atomic E-state index is 5.56. The van der Waals surface area contributed by atoms with Crippen LogP contribution < -0.4 is 5.73 Å². The smallest absolute Gasteiger partial charge is 0.0684 e. The van der Waals surface area contributed by atoms with Gasteiger partial charge in [0.25, 0.3) is 0 Å². The Morgan fingerprint density at radius 1 is 1.50 bits per heavy atom. The molecule has 0 saturated heterocycles. The lowest BCUT2D eigenvalue weighted by atomic mass is 9.96. The van der Waals surface area contributed by atoms with E-state index in [4.69, 9.17) is 5.73 Å². The Labute approximate surface area is 83.3 Å². The molecule has 0 aliphatic heterocycles. The van der Waals surface area contributed by atoms with Crippen LogP contribution in [-0.2, 0) is 0 Å². The number of H-pyrrole nitrogens is 1. The zero-order valence-electron chi connectivity index (χ0n) is 8.33. The lowest BCUT2D eigenvalue weighted by Crippen LogP contribution is -2.04. The predicted octanol–water partition coefficient (Wildman–Crippen LogP) is 2.02. The molecule has 1 atom stereocenters. The van der Waals surface area contributed by atoms with Crippen molar-refractivity contribution in [2.45, 2.75) is 19.3 Å². The standard InChI is InChI=1S/C11H15N3/c1-8(5-6-12)10-4-2-3-9-7-13-14-11(9)10/h2-4,7-8H,5-6,12H2,1H3,(H,13,14). The van der Waals surface area contributed by atoms with Crippen molar-refractivity contribution < 1.29 is 0 Å². The molecule has 2 aromatic rings. The van der Waals surface area contributed by atoms with Crippen molar-refractivity contribution >= 4 is 10.9 Å². The van der Waals surface area contributed by atoms with Gasteiger partial charge in [-0.25, -0.2) is 0 Å². The van der Waals surface area contributed by atoms with Crippen LogP contribution in [0, 0.1) is 0 Å². The summed E-state index contributed by atoms with van der Waals surface area (Å²) in [4.78, 5) is 0. The Morgan fingerprint density at radius 2 is 2.36 bits per heavy atom. The van der Waals surface area contributed by atoms with Crippen LogP contribution >= 0.6 is 0 Å². The molecule has 0 amide bonds. The van der Waals surface area contributed by atoms with E-state index in [0.29, 0.717) is 5.92 Å². The summed E-state index contributed by atoms with van der Waals surface area (Å²) in [6.45, 7) is 2.92. The number of nitrogens with zero attached hydrogens (tertiary/aromatic N) is 1. The number of nitrogens with one attached hydrogen (secondary N) is 1. The third-order valence-electron chi connectivity index (χ3n) is 2.64. The van der Waals surface area contributed by atoms with Crippen LogP contribution in [0.2, 0.25) is 0 Å². The fraction of sp³-hybridized carbons (Fsp3) is 0.364. The third kappa shape index (κ3) is 1.51. The van der Waals surface area contributed by atoms with Gasteiger partial charge in [0.2, 0.25) is 0 Å². The molecule has 0 radical (unpaired) electrons. The molecule has 1 aromatic carbocycles. The van der Waals surface area contributed by atoms with E-state index in [-0.39, 0.29) is 0 Å². The van der Waals surface area contributed by atoms with Gasteiger partial charge in [0, 0.05) is 5.39 Å². The molecule has 1 aromatic heterocycles. The fourth-order valence-electron chi connectivity index (χ4n) is 1.81. The largest absolute Gasteiger partial charge is 0.330 e. The van der Waals surface area contributed by atoms with Crippen LogP contribution in [-0.4, -0.2) is 16.7 Å². The molecule has 1 unspecified atom stereocenters. The summed E-state index contributed by atoms with van der Waals surface area (Å²) in [5.41, 5.74) is 8.02. The number of benzene rings is 1. The number of aromatic amines is 1. The fourth-order valence-corrected chi connectivity index (χ4v) is 1.81. The van der Waals surface area contributed by atoms with Gasteiger partial charge in [-0.05, 0) is 24.4 Å². The van der Waals surface area contributed by atoms with Gasteiger partial charge in [-0.2, -0.15) is 5.10 Å². The first kappa shape index (κ1) is 9.21. The molecule has 0 saturated carbocycles. The molecule has 0 spiro atoms. The Morgan fingerprint density at radius 3 is 3.14 bits per heavy atom. The molecule has 74 valence electrons. The number of nitrogens with two attached hydrogens (primary N) is 1. The lowest BCUT2D eigenvalue weighted by Gasteiger charge is -2.10. The highest BCUT2D eigenvalue weighted by Gasteiger charge is 2.09. The number of aromatic nitrogens is 2. The lowest BCUT2D eigenvalue weighted by molar-refractivity contribution is 0.693. The molecule has 0 bridgehead atoms. The van der Waals surface area contributed by atoms with Crippen LogP contribution in [0.15, 0.2) is 24.4 Å². The molecular weight excluding hydrogens is 174 g/mol. The first-order chi connectivity index (χ1) is 6.83. The summed E-state index contributed by atoms with van der Waals surface area (Å²) < 4.78 is 0. The summed E-state index contributed by atoms with van der Waals surface area (Å²) in [5.74, 6) is 0.490. The highest BCUT2D eigenvalue weighted by molar-refractivity contribution is 5.81. The molecule has 0 aliphatic carbocycles. The van der Waals surface area contributed by atoms with Gasteiger partial charge in [-0.3, -0.25) is 5.10 Å². The normalized spacial score (nSPS) is 13.3. The van der Waals surface area contributed by atoms with Crippen molar-refractivity contribution in [3.8, 4) is 0 Å². The molecule has 1 heterocycles. The van der Waals surface area contributed by atoms with Crippen molar-refractivity contribution in [1.82, 2.24) is 10.2 Å². The second-order valence-corrected chi connectivity index (χ2v) is 3.66. The van der Waals surface area contributed by atoms with Crippen molar-refractivity contribution in [2.75, 3.05) is 6.54 Å². The molecular formula is C11H15N3. The molecule has 3 N–H and O–H groups in total. The average molecular weight is 189 g/mol. The number of hydrogen-bond acceptors (Lipinski definition) is 2. The third-order valence-corrected chi connectivity index (χ3v) is 2.64. The molecule has 0 aliphatic rings. The van der Waals surface area contributed by atoms with Crippen LogP contribution in [0.5, 0.6) is 0 Å². The van der Waals surface area contributed by atoms with E-state index < -0.39 is 0 Å². The number of hydrogen-bond donors (Lipinski definition) is 2. The number of fused-ring (bicyclic) bond motifs is 1. The van der Waals surface area contributed by atoms with Crippen LogP contribution in [0.3, 0.4) is 0 Å². The minimum Gasteiger partial charge on any atom is -0.330 e. The van der Waals surface area contributed by atoms with Gasteiger partial charge in [-0.1, -0.05) is 25.1 Å². The Bertz CT molecular complexity index is 419. The van der Waals surface area contributed by atoms with Gasteiger partial charge in [0.05, 0.1) is 11.7 Å². The molecule has 0 fully saturated rings. The number of rotatable bonds is 3. The van der Waals surface area contributed by atoms with E-state index >= 15 is 0 Å². The first-order valence-electron chi connectivity index (χ1n) is 4.95. The van der Waals surface area contributed by atoms with Crippen LogP contribution in [0.1, 0.15) is 24.8 Å². The van der Waals surface area contributed by atoms with Gasteiger partial charge >= 0.3 is 0 Å². The quantitative estimate of drug-likeness (QED) is 0.776. The summed E-state index contributed by atoms with van der Waals surface area (Å²) in [7, 11) is 0. The summed E-state index contributed by atoms with van der Waals surface area (Å²) in [5, 5.41) is 8.26. The molecule has 2 rings (SSSR count). The second kappa shape index (κ2) is 3.80. The minimum absolute atomic E-state index is 0.490. The van der Waals surface area contributed by atoms with Gasteiger partial charge in [-0.15, -0.1) is 0 Å². The van der Waals surface area contributed by atoms with E-state index in [1.165, 1.54) is 10.9 Å². The topological polar surface area (TPSA) is 54.7 Å². The Balaban J connectivity index is 2.45. The zero-order valence-corrected chi connectivity index (χ0v) is 8.33. The van der Waals surface area contributed by atoms with Gasteiger partial charge < -0.3 is 5.73 Å². The van der Waals surface area contributed by atoms with E-state index in [0.717, 1.165) is 18.5 Å². The first-order valence-corrected chi connectivity index (χ1v) is 4.95. The highest BCUT2D eigenvalue weighted by Crippen LogP contribution is 2.25. The average Bonchev–Trinajstić information content (AvgIpc) is 2.65. The summed E-state index contributed by atoms with van der Waals surface area (Å²) in [6.07, 6.45) is 2.87.